The topological polar surface area (TPSA) is 88.6 Å². The first-order chi connectivity index (χ1) is 14.2. The van der Waals surface area contributed by atoms with Gasteiger partial charge in [0, 0.05) is 34.9 Å². The Labute approximate surface area is 173 Å². The van der Waals surface area contributed by atoms with Crippen molar-refractivity contribution in [2.45, 2.75) is 38.3 Å². The maximum absolute atomic E-state index is 13.1. The smallest absolute Gasteiger partial charge is 0.282 e. The molecule has 160 valence electrons. The highest BCUT2D eigenvalue weighted by molar-refractivity contribution is 7.92. The summed E-state index contributed by atoms with van der Waals surface area (Å²) in [7, 11) is -2.21. The van der Waals surface area contributed by atoms with Crippen LogP contribution in [0.4, 0.5) is 14.6 Å². The van der Waals surface area contributed by atoms with Gasteiger partial charge in [0.2, 0.25) is 0 Å². The number of piperidine rings is 1. The third-order valence-electron chi connectivity index (χ3n) is 5.15. The van der Waals surface area contributed by atoms with E-state index in [9.17, 15) is 13.0 Å². The van der Waals surface area contributed by atoms with Gasteiger partial charge in [-0.3, -0.25) is 4.21 Å². The van der Waals surface area contributed by atoms with Crippen molar-refractivity contribution in [3.05, 3.63) is 36.4 Å². The molecule has 4 heterocycles. The van der Waals surface area contributed by atoms with E-state index in [1.165, 1.54) is 23.0 Å². The molecule has 8 nitrogen and oxygen atoms in total. The number of hydrogen-bond donors (Lipinski definition) is 0. The molecule has 2 atom stereocenters. The standard InChI is InChI=1S/C19H23F2N7OS/c1-12-13(26-30(2,3)29)5-4-8-27(12)18-9-15(23-11-24-18)16-10-22-17-7-6-14(19(20)21)25-28(16)17/h6-7,9-13,19H,4-5,8H2,1-3H3. The lowest BCUT2D eigenvalue weighted by Crippen LogP contribution is -2.46. The maximum atomic E-state index is 13.1. The minimum absolute atomic E-state index is 0.0213. The zero-order chi connectivity index (χ0) is 21.5. The minimum atomic E-state index is -2.67. The largest absolute Gasteiger partial charge is 0.352 e. The quantitative estimate of drug-likeness (QED) is 0.625. The van der Waals surface area contributed by atoms with E-state index >= 15 is 0 Å². The van der Waals surface area contributed by atoms with Gasteiger partial charge in [-0.1, -0.05) is 0 Å². The van der Waals surface area contributed by atoms with Crippen LogP contribution in [0.2, 0.25) is 0 Å². The summed E-state index contributed by atoms with van der Waals surface area (Å²) < 4.78 is 44.2. The summed E-state index contributed by atoms with van der Waals surface area (Å²) in [5, 5.41) is 4.00. The predicted molar refractivity (Wildman–Crippen MR) is 111 cm³/mol. The normalized spacial score (nSPS) is 20.1. The summed E-state index contributed by atoms with van der Waals surface area (Å²) in [5.41, 5.74) is 1.17. The number of fused-ring (bicyclic) bond motifs is 1. The zero-order valence-electron chi connectivity index (χ0n) is 16.9. The van der Waals surface area contributed by atoms with Crippen LogP contribution in [-0.2, 0) is 9.73 Å². The second-order valence-corrected chi connectivity index (χ2v) is 10.2. The van der Waals surface area contributed by atoms with E-state index in [0.717, 1.165) is 19.4 Å². The van der Waals surface area contributed by atoms with Gasteiger partial charge in [0.15, 0.2) is 5.65 Å². The molecule has 0 aliphatic carbocycles. The van der Waals surface area contributed by atoms with Crippen LogP contribution in [0.25, 0.3) is 17.0 Å². The van der Waals surface area contributed by atoms with Crippen LogP contribution in [0.15, 0.2) is 35.1 Å². The van der Waals surface area contributed by atoms with Crippen LogP contribution in [0, 0.1) is 0 Å². The number of rotatable bonds is 4. The lowest BCUT2D eigenvalue weighted by atomic mass is 9.98. The molecule has 1 aliphatic heterocycles. The van der Waals surface area contributed by atoms with Crippen molar-refractivity contribution < 1.29 is 13.0 Å². The SMILES string of the molecule is CC1C(N=S(C)(C)=O)CCCN1c1cc(-c2cnc3ccc(C(F)F)nn23)ncn1. The molecular weight excluding hydrogens is 412 g/mol. The van der Waals surface area contributed by atoms with Crippen LogP contribution < -0.4 is 4.90 Å². The lowest BCUT2D eigenvalue weighted by Gasteiger charge is -2.38. The molecule has 11 heteroatoms. The van der Waals surface area contributed by atoms with Gasteiger partial charge in [-0.05, 0) is 31.9 Å². The molecule has 1 fully saturated rings. The second-order valence-electron chi connectivity index (χ2n) is 7.66. The van der Waals surface area contributed by atoms with Gasteiger partial charge in [-0.25, -0.2) is 32.6 Å². The molecule has 1 saturated heterocycles. The molecule has 0 radical (unpaired) electrons. The van der Waals surface area contributed by atoms with E-state index in [1.807, 2.05) is 6.92 Å². The number of hydrogen-bond acceptors (Lipinski definition) is 7. The van der Waals surface area contributed by atoms with Crippen molar-refractivity contribution >= 4 is 21.2 Å². The lowest BCUT2D eigenvalue weighted by molar-refractivity contribution is 0.144. The molecular formula is C19H23F2N7OS. The van der Waals surface area contributed by atoms with E-state index in [-0.39, 0.29) is 17.8 Å². The molecule has 4 rings (SSSR count). The van der Waals surface area contributed by atoms with Gasteiger partial charge in [0.05, 0.1) is 24.0 Å². The summed E-state index contributed by atoms with van der Waals surface area (Å²) in [6.45, 7) is 2.84. The maximum Gasteiger partial charge on any atom is 0.282 e. The Hall–Kier alpha value is -2.69. The van der Waals surface area contributed by atoms with Gasteiger partial charge in [-0.2, -0.15) is 5.10 Å². The monoisotopic (exact) mass is 435 g/mol. The van der Waals surface area contributed by atoms with E-state index in [2.05, 4.69) is 29.3 Å². The van der Waals surface area contributed by atoms with Gasteiger partial charge in [-0.15, -0.1) is 0 Å². The van der Waals surface area contributed by atoms with Crippen molar-refractivity contribution in [1.82, 2.24) is 24.6 Å². The molecule has 1 aliphatic rings. The molecule has 0 saturated carbocycles. The number of alkyl halides is 2. The van der Waals surface area contributed by atoms with Gasteiger partial charge >= 0.3 is 0 Å². The number of anilines is 1. The number of aromatic nitrogens is 5. The van der Waals surface area contributed by atoms with E-state index < -0.39 is 16.2 Å². The van der Waals surface area contributed by atoms with Crippen LogP contribution >= 0.6 is 0 Å². The van der Waals surface area contributed by atoms with Gasteiger partial charge in [0.1, 0.15) is 23.5 Å². The third-order valence-corrected chi connectivity index (χ3v) is 5.93. The minimum Gasteiger partial charge on any atom is -0.352 e. The summed E-state index contributed by atoms with van der Waals surface area (Å²) in [5.74, 6) is 0.700. The van der Waals surface area contributed by atoms with Crippen LogP contribution in [0.5, 0.6) is 0 Å². The fraction of sp³-hybridized carbons (Fsp3) is 0.474. The Morgan fingerprint density at radius 1 is 1.23 bits per heavy atom. The van der Waals surface area contributed by atoms with Crippen molar-refractivity contribution in [2.75, 3.05) is 24.0 Å². The molecule has 2 unspecified atom stereocenters. The second kappa shape index (κ2) is 7.86. The van der Waals surface area contributed by atoms with Gasteiger partial charge < -0.3 is 4.90 Å². The highest BCUT2D eigenvalue weighted by Crippen LogP contribution is 2.28. The fourth-order valence-corrected chi connectivity index (χ4v) is 4.67. The molecule has 0 N–H and O–H groups in total. The van der Waals surface area contributed by atoms with Crippen LogP contribution in [-0.4, -0.2) is 59.9 Å². The highest BCUT2D eigenvalue weighted by Gasteiger charge is 2.29. The molecule has 0 aromatic carbocycles. The van der Waals surface area contributed by atoms with E-state index in [1.54, 1.807) is 24.8 Å². The predicted octanol–water partition coefficient (Wildman–Crippen LogP) is 3.21. The molecule has 0 amide bonds. The summed E-state index contributed by atoms with van der Waals surface area (Å²) in [4.78, 5) is 15.1. The van der Waals surface area contributed by atoms with Crippen LogP contribution in [0.3, 0.4) is 0 Å². The van der Waals surface area contributed by atoms with Crippen molar-refractivity contribution in [1.29, 1.82) is 0 Å². The highest BCUT2D eigenvalue weighted by atomic mass is 32.2. The van der Waals surface area contributed by atoms with E-state index in [4.69, 9.17) is 0 Å². The van der Waals surface area contributed by atoms with Crippen LogP contribution in [0.1, 0.15) is 31.9 Å². The third kappa shape index (κ3) is 4.11. The Morgan fingerprint density at radius 3 is 2.77 bits per heavy atom. The first kappa shape index (κ1) is 20.6. The first-order valence-electron chi connectivity index (χ1n) is 9.61. The Kier molecular flexibility index (Phi) is 5.39. The average molecular weight is 436 g/mol. The van der Waals surface area contributed by atoms with Crippen molar-refractivity contribution in [3.8, 4) is 11.4 Å². The summed E-state index contributed by atoms with van der Waals surface area (Å²) in [6, 6.07) is 4.54. The van der Waals surface area contributed by atoms with E-state index in [0.29, 0.717) is 22.9 Å². The molecule has 0 bridgehead atoms. The molecule has 0 spiro atoms. The van der Waals surface area contributed by atoms with Gasteiger partial charge in [0.25, 0.3) is 6.43 Å². The number of halogens is 2. The zero-order valence-corrected chi connectivity index (χ0v) is 17.8. The number of nitrogens with zero attached hydrogens (tertiary/aromatic N) is 7. The Bertz CT molecular complexity index is 1180. The Balaban J connectivity index is 1.71. The molecule has 3 aromatic heterocycles. The summed E-state index contributed by atoms with van der Waals surface area (Å²) >= 11 is 0. The first-order valence-corrected chi connectivity index (χ1v) is 11.9. The molecule has 3 aromatic rings. The average Bonchev–Trinajstić information content (AvgIpc) is 3.12. The fourth-order valence-electron chi connectivity index (χ4n) is 3.74. The summed E-state index contributed by atoms with van der Waals surface area (Å²) in [6.07, 6.45) is 5.40. The number of imidazole rings is 1. The van der Waals surface area contributed by atoms with Crippen molar-refractivity contribution in [2.24, 2.45) is 4.36 Å². The molecule has 30 heavy (non-hydrogen) atoms. The van der Waals surface area contributed by atoms with Crippen molar-refractivity contribution in [3.63, 3.8) is 0 Å². The Morgan fingerprint density at radius 2 is 2.03 bits per heavy atom.